The van der Waals surface area contributed by atoms with Crippen LogP contribution in [0.2, 0.25) is 0 Å². The van der Waals surface area contributed by atoms with Gasteiger partial charge in [0.1, 0.15) is 16.5 Å². The summed E-state index contributed by atoms with van der Waals surface area (Å²) >= 11 is 1.45. The largest absolute Gasteiger partial charge is 0.496 e. The second kappa shape index (κ2) is 7.77. The van der Waals surface area contributed by atoms with Crippen molar-refractivity contribution in [2.45, 2.75) is 25.8 Å². The van der Waals surface area contributed by atoms with E-state index in [9.17, 15) is 4.79 Å². The van der Waals surface area contributed by atoms with E-state index >= 15 is 0 Å². The van der Waals surface area contributed by atoms with E-state index in [2.05, 4.69) is 11.1 Å². The van der Waals surface area contributed by atoms with Gasteiger partial charge in [0.05, 0.1) is 7.11 Å². The Morgan fingerprint density at radius 1 is 1.38 bits per heavy atom. The number of rotatable bonds is 5. The van der Waals surface area contributed by atoms with Crippen LogP contribution in [0.3, 0.4) is 0 Å². The van der Waals surface area contributed by atoms with Gasteiger partial charge in [0.15, 0.2) is 0 Å². The number of hydrogen-bond acceptors (Lipinski definition) is 5. The summed E-state index contributed by atoms with van der Waals surface area (Å²) in [5.41, 5.74) is 7.35. The van der Waals surface area contributed by atoms with E-state index in [4.69, 9.17) is 10.5 Å². The molecule has 0 unspecified atom stereocenters. The summed E-state index contributed by atoms with van der Waals surface area (Å²) < 4.78 is 5.44. The Morgan fingerprint density at radius 3 is 2.79 bits per heavy atom. The van der Waals surface area contributed by atoms with Crippen LogP contribution in [0.25, 0.3) is 0 Å². The van der Waals surface area contributed by atoms with Crippen LogP contribution in [-0.4, -0.2) is 36.0 Å². The maximum Gasteiger partial charge on any atom is 0.273 e. The van der Waals surface area contributed by atoms with Crippen molar-refractivity contribution in [3.05, 3.63) is 45.9 Å². The first-order valence-corrected chi connectivity index (χ1v) is 9.15. The lowest BCUT2D eigenvalue weighted by Crippen LogP contribution is -2.39. The zero-order valence-corrected chi connectivity index (χ0v) is 14.7. The number of aromatic nitrogens is 1. The molecule has 0 saturated carbocycles. The number of para-hydroxylation sites is 1. The summed E-state index contributed by atoms with van der Waals surface area (Å²) in [5, 5.41) is 2.62. The normalized spacial score (nSPS) is 15.5. The van der Waals surface area contributed by atoms with Crippen LogP contribution in [0.5, 0.6) is 5.75 Å². The molecule has 1 aliphatic heterocycles. The number of piperidine rings is 1. The minimum atomic E-state index is 0.0293. The second-order valence-electron chi connectivity index (χ2n) is 6.08. The minimum absolute atomic E-state index is 0.0293. The van der Waals surface area contributed by atoms with E-state index in [1.54, 1.807) is 7.11 Å². The van der Waals surface area contributed by atoms with Crippen LogP contribution in [0.4, 0.5) is 0 Å². The summed E-state index contributed by atoms with van der Waals surface area (Å²) in [6.07, 6.45) is 3.02. The summed E-state index contributed by atoms with van der Waals surface area (Å²) in [7, 11) is 1.71. The third kappa shape index (κ3) is 3.76. The highest BCUT2D eigenvalue weighted by atomic mass is 32.1. The van der Waals surface area contributed by atoms with Crippen LogP contribution in [0.15, 0.2) is 29.6 Å². The number of likely N-dealkylation sites (tertiary alicyclic amines) is 1. The highest BCUT2D eigenvalue weighted by Gasteiger charge is 2.25. The van der Waals surface area contributed by atoms with E-state index in [-0.39, 0.29) is 5.91 Å². The third-order valence-corrected chi connectivity index (χ3v) is 5.42. The minimum Gasteiger partial charge on any atom is -0.496 e. The Bertz CT molecular complexity index is 693. The summed E-state index contributed by atoms with van der Waals surface area (Å²) in [5.74, 6) is 1.56. The molecule has 0 radical (unpaired) electrons. The molecule has 2 heterocycles. The monoisotopic (exact) mass is 345 g/mol. The molecule has 1 aromatic carbocycles. The zero-order valence-electron chi connectivity index (χ0n) is 13.9. The number of carbonyl (C=O) groups is 1. The van der Waals surface area contributed by atoms with Gasteiger partial charge in [-0.05, 0) is 36.8 Å². The predicted octanol–water partition coefficient (Wildman–Crippen LogP) is 2.71. The van der Waals surface area contributed by atoms with Crippen LogP contribution in [0.1, 0.15) is 33.9 Å². The molecule has 24 heavy (non-hydrogen) atoms. The highest BCUT2D eigenvalue weighted by molar-refractivity contribution is 7.09. The average molecular weight is 345 g/mol. The second-order valence-corrected chi connectivity index (χ2v) is 7.02. The van der Waals surface area contributed by atoms with Crippen molar-refractivity contribution in [1.82, 2.24) is 9.88 Å². The topological polar surface area (TPSA) is 68.5 Å². The van der Waals surface area contributed by atoms with Gasteiger partial charge in [-0.1, -0.05) is 18.2 Å². The number of ether oxygens (including phenoxy) is 1. The molecule has 1 fully saturated rings. The molecular weight excluding hydrogens is 322 g/mol. The maximum atomic E-state index is 12.5. The number of nitrogens with zero attached hydrogens (tertiary/aromatic N) is 2. The first-order valence-electron chi connectivity index (χ1n) is 8.27. The predicted molar refractivity (Wildman–Crippen MR) is 95.3 cm³/mol. The van der Waals surface area contributed by atoms with Gasteiger partial charge in [-0.25, -0.2) is 4.98 Å². The lowest BCUT2D eigenvalue weighted by molar-refractivity contribution is 0.0685. The lowest BCUT2D eigenvalue weighted by atomic mass is 9.89. The van der Waals surface area contributed by atoms with Crippen LogP contribution < -0.4 is 10.5 Å². The fourth-order valence-electron chi connectivity index (χ4n) is 3.19. The van der Waals surface area contributed by atoms with Gasteiger partial charge < -0.3 is 15.4 Å². The fourth-order valence-corrected chi connectivity index (χ4v) is 3.84. The molecule has 1 saturated heterocycles. The first kappa shape index (κ1) is 16.9. The fraction of sp³-hybridized carbons (Fsp3) is 0.444. The van der Waals surface area contributed by atoms with Crippen LogP contribution in [0, 0.1) is 5.92 Å². The molecule has 1 aromatic heterocycles. The van der Waals surface area contributed by atoms with Gasteiger partial charge in [0, 0.05) is 25.0 Å². The van der Waals surface area contributed by atoms with Gasteiger partial charge >= 0.3 is 0 Å². The van der Waals surface area contributed by atoms with Crippen molar-refractivity contribution in [1.29, 1.82) is 0 Å². The Morgan fingerprint density at radius 2 is 2.12 bits per heavy atom. The SMILES string of the molecule is COc1ccccc1CC1CCN(C(=O)c2csc(CN)n2)CC1. The number of nitrogens with two attached hydrogens (primary N) is 1. The van der Waals surface area contributed by atoms with Gasteiger partial charge in [0.25, 0.3) is 5.91 Å². The van der Waals surface area contributed by atoms with E-state index in [0.717, 1.165) is 43.1 Å². The number of amides is 1. The molecule has 0 spiro atoms. The van der Waals surface area contributed by atoms with E-state index < -0.39 is 0 Å². The standard InChI is InChI=1S/C18H23N3O2S/c1-23-16-5-3-2-4-14(16)10-13-6-8-21(9-7-13)18(22)15-12-24-17(11-19)20-15/h2-5,12-13H,6-11,19H2,1H3. The van der Waals surface area contributed by atoms with Crippen molar-refractivity contribution in [2.75, 3.05) is 20.2 Å². The van der Waals surface area contributed by atoms with E-state index in [1.807, 2.05) is 28.5 Å². The van der Waals surface area contributed by atoms with E-state index in [0.29, 0.717) is 18.2 Å². The van der Waals surface area contributed by atoms with Crippen molar-refractivity contribution in [2.24, 2.45) is 11.7 Å². The molecule has 128 valence electrons. The molecule has 2 aromatic rings. The number of methoxy groups -OCH3 is 1. The van der Waals surface area contributed by atoms with Gasteiger partial charge in [-0.15, -0.1) is 11.3 Å². The maximum absolute atomic E-state index is 12.5. The van der Waals surface area contributed by atoms with Crippen molar-refractivity contribution < 1.29 is 9.53 Å². The smallest absolute Gasteiger partial charge is 0.273 e. The Kier molecular flexibility index (Phi) is 5.48. The number of carbonyl (C=O) groups excluding carboxylic acids is 1. The summed E-state index contributed by atoms with van der Waals surface area (Å²) in [4.78, 5) is 18.7. The Hall–Kier alpha value is -1.92. The average Bonchev–Trinajstić information content (AvgIpc) is 3.11. The van der Waals surface area contributed by atoms with E-state index in [1.165, 1.54) is 16.9 Å². The Labute approximate surface area is 146 Å². The third-order valence-electron chi connectivity index (χ3n) is 4.55. The molecule has 5 nitrogen and oxygen atoms in total. The lowest BCUT2D eigenvalue weighted by Gasteiger charge is -2.31. The molecule has 1 aliphatic rings. The van der Waals surface area contributed by atoms with Crippen molar-refractivity contribution in [3.63, 3.8) is 0 Å². The summed E-state index contributed by atoms with van der Waals surface area (Å²) in [6.45, 7) is 1.96. The van der Waals surface area contributed by atoms with Gasteiger partial charge in [0.2, 0.25) is 0 Å². The van der Waals surface area contributed by atoms with Crippen molar-refractivity contribution in [3.8, 4) is 5.75 Å². The quantitative estimate of drug-likeness (QED) is 0.905. The highest BCUT2D eigenvalue weighted by Crippen LogP contribution is 2.27. The van der Waals surface area contributed by atoms with Gasteiger partial charge in [-0.3, -0.25) is 4.79 Å². The van der Waals surface area contributed by atoms with Crippen LogP contribution in [-0.2, 0) is 13.0 Å². The molecule has 0 atom stereocenters. The molecule has 3 rings (SSSR count). The molecule has 0 aliphatic carbocycles. The molecule has 6 heteroatoms. The number of hydrogen-bond donors (Lipinski definition) is 1. The molecule has 1 amide bonds. The van der Waals surface area contributed by atoms with Gasteiger partial charge in [-0.2, -0.15) is 0 Å². The molecule has 0 bridgehead atoms. The molecule has 2 N–H and O–H groups in total. The summed E-state index contributed by atoms with van der Waals surface area (Å²) in [6, 6.07) is 8.17. The molecular formula is C18H23N3O2S. The number of benzene rings is 1. The Balaban J connectivity index is 1.56. The number of thiazole rings is 1. The van der Waals surface area contributed by atoms with Crippen molar-refractivity contribution >= 4 is 17.2 Å². The first-order chi connectivity index (χ1) is 11.7. The van der Waals surface area contributed by atoms with Crippen LogP contribution >= 0.6 is 11.3 Å². The zero-order chi connectivity index (χ0) is 16.9.